The highest BCUT2D eigenvalue weighted by Crippen LogP contribution is 2.13. The smallest absolute Gasteiger partial charge is 0.240 e. The van der Waals surface area contributed by atoms with E-state index in [0.717, 1.165) is 11.3 Å². The maximum atomic E-state index is 12.3. The minimum Gasteiger partial charge on any atom is -0.389 e. The van der Waals surface area contributed by atoms with Crippen LogP contribution in [0, 0.1) is 6.92 Å². The summed E-state index contributed by atoms with van der Waals surface area (Å²) in [5.74, 6) is 0. The number of benzene rings is 1. The summed E-state index contributed by atoms with van der Waals surface area (Å²) in [6, 6.07) is 6.24. The molecule has 1 aromatic carbocycles. The highest BCUT2D eigenvalue weighted by molar-refractivity contribution is 7.89. The summed E-state index contributed by atoms with van der Waals surface area (Å²) in [6.45, 7) is 2.01. The minimum absolute atomic E-state index is 0.134. The Bertz CT molecular complexity index is 781. The molecule has 1 aromatic heterocycles. The first-order valence-electron chi connectivity index (χ1n) is 6.18. The van der Waals surface area contributed by atoms with Gasteiger partial charge in [-0.25, -0.2) is 13.1 Å². The number of hydrogen-bond donors (Lipinski definition) is 2. The second kappa shape index (κ2) is 5.92. The van der Waals surface area contributed by atoms with Crippen LogP contribution in [-0.2, 0) is 23.6 Å². The van der Waals surface area contributed by atoms with Crippen LogP contribution in [-0.4, -0.2) is 23.2 Å². The topological polar surface area (TPSA) is 90.0 Å². The highest BCUT2D eigenvalue weighted by atomic mass is 32.2. The molecule has 0 radical (unpaired) electrons. The third-order valence-corrected chi connectivity index (χ3v) is 4.63. The van der Waals surface area contributed by atoms with E-state index in [4.69, 9.17) is 18.0 Å². The van der Waals surface area contributed by atoms with E-state index in [-0.39, 0.29) is 16.4 Å². The fraction of sp³-hybridized carbons (Fsp3) is 0.231. The molecule has 0 bridgehead atoms. The molecule has 112 valence electrons. The van der Waals surface area contributed by atoms with Gasteiger partial charge < -0.3 is 5.73 Å². The standard InChI is InChI=1S/C13H16N4O2S2/c1-9-11(8-17(2)16-9)7-15-21(18,19)12-5-3-4-10(6-12)13(14)20/h3-6,8,15H,7H2,1-2H3,(H2,14,20). The number of thiocarbonyl (C=S) groups is 1. The Balaban J connectivity index is 2.20. The molecule has 0 saturated carbocycles. The van der Waals surface area contributed by atoms with Crippen molar-refractivity contribution in [2.24, 2.45) is 12.8 Å². The molecule has 3 N–H and O–H groups in total. The van der Waals surface area contributed by atoms with E-state index >= 15 is 0 Å². The summed E-state index contributed by atoms with van der Waals surface area (Å²) in [4.78, 5) is 0.296. The molecule has 0 unspecified atom stereocenters. The summed E-state index contributed by atoms with van der Waals surface area (Å²) >= 11 is 4.86. The van der Waals surface area contributed by atoms with Gasteiger partial charge in [0.15, 0.2) is 0 Å². The molecule has 2 rings (SSSR count). The van der Waals surface area contributed by atoms with Crippen LogP contribution >= 0.6 is 12.2 Å². The fourth-order valence-electron chi connectivity index (χ4n) is 1.89. The Labute approximate surface area is 129 Å². The largest absolute Gasteiger partial charge is 0.389 e. The summed E-state index contributed by atoms with van der Waals surface area (Å²) in [6.07, 6.45) is 1.78. The Kier molecular flexibility index (Phi) is 4.40. The Morgan fingerprint density at radius 3 is 2.76 bits per heavy atom. The summed E-state index contributed by atoms with van der Waals surface area (Å²) in [5.41, 5.74) is 7.65. The maximum absolute atomic E-state index is 12.3. The van der Waals surface area contributed by atoms with E-state index in [9.17, 15) is 8.42 Å². The van der Waals surface area contributed by atoms with Crippen LogP contribution in [0.15, 0.2) is 35.4 Å². The molecule has 6 nitrogen and oxygen atoms in total. The lowest BCUT2D eigenvalue weighted by atomic mass is 10.2. The van der Waals surface area contributed by atoms with Crippen molar-refractivity contribution < 1.29 is 8.42 Å². The lowest BCUT2D eigenvalue weighted by Crippen LogP contribution is -2.24. The van der Waals surface area contributed by atoms with Crippen molar-refractivity contribution in [1.29, 1.82) is 0 Å². The molecule has 0 aliphatic carbocycles. The minimum atomic E-state index is -3.62. The average Bonchev–Trinajstić information content (AvgIpc) is 2.75. The molecule has 0 amide bonds. The zero-order valence-electron chi connectivity index (χ0n) is 11.7. The van der Waals surface area contributed by atoms with E-state index in [1.165, 1.54) is 12.1 Å². The van der Waals surface area contributed by atoms with Gasteiger partial charge in [0.1, 0.15) is 4.99 Å². The third-order valence-electron chi connectivity index (χ3n) is 3.00. The van der Waals surface area contributed by atoms with E-state index in [1.807, 2.05) is 6.92 Å². The molecule has 0 saturated heterocycles. The second-order valence-corrected chi connectivity index (χ2v) is 6.84. The van der Waals surface area contributed by atoms with Gasteiger partial charge in [-0.15, -0.1) is 0 Å². The number of sulfonamides is 1. The number of hydrogen-bond acceptors (Lipinski definition) is 4. The van der Waals surface area contributed by atoms with Gasteiger partial charge in [0.25, 0.3) is 0 Å². The van der Waals surface area contributed by atoms with Crippen molar-refractivity contribution >= 4 is 27.2 Å². The van der Waals surface area contributed by atoms with Crippen molar-refractivity contribution in [2.45, 2.75) is 18.4 Å². The van der Waals surface area contributed by atoms with E-state index in [0.29, 0.717) is 5.56 Å². The molecular weight excluding hydrogens is 308 g/mol. The van der Waals surface area contributed by atoms with Crippen LogP contribution in [0.1, 0.15) is 16.8 Å². The predicted octanol–water partition coefficient (Wildman–Crippen LogP) is 0.841. The maximum Gasteiger partial charge on any atom is 0.240 e. The molecule has 0 fully saturated rings. The van der Waals surface area contributed by atoms with Crippen molar-refractivity contribution in [1.82, 2.24) is 14.5 Å². The van der Waals surface area contributed by atoms with Crippen molar-refractivity contribution in [2.75, 3.05) is 0 Å². The van der Waals surface area contributed by atoms with Crippen molar-refractivity contribution in [3.63, 3.8) is 0 Å². The summed E-state index contributed by atoms with van der Waals surface area (Å²) < 4.78 is 28.7. The molecule has 0 atom stereocenters. The van der Waals surface area contributed by atoms with Gasteiger partial charge in [-0.1, -0.05) is 24.4 Å². The first kappa shape index (κ1) is 15.6. The molecule has 21 heavy (non-hydrogen) atoms. The number of nitrogens with one attached hydrogen (secondary N) is 1. The zero-order valence-corrected chi connectivity index (χ0v) is 13.3. The van der Waals surface area contributed by atoms with Gasteiger partial charge in [0.05, 0.1) is 10.6 Å². The van der Waals surface area contributed by atoms with E-state index < -0.39 is 10.0 Å². The van der Waals surface area contributed by atoms with Crippen molar-refractivity contribution in [3.05, 3.63) is 47.3 Å². The van der Waals surface area contributed by atoms with Gasteiger partial charge in [-0.05, 0) is 19.1 Å². The van der Waals surface area contributed by atoms with Crippen LogP contribution < -0.4 is 10.5 Å². The summed E-state index contributed by atoms with van der Waals surface area (Å²) in [7, 11) is -1.84. The Morgan fingerprint density at radius 1 is 1.48 bits per heavy atom. The second-order valence-electron chi connectivity index (χ2n) is 4.63. The SMILES string of the molecule is Cc1nn(C)cc1CNS(=O)(=O)c1cccc(C(N)=S)c1. The number of rotatable bonds is 5. The number of nitrogens with zero attached hydrogens (tertiary/aromatic N) is 2. The van der Waals surface area contributed by atoms with Gasteiger partial charge in [-0.3, -0.25) is 4.68 Å². The fourth-order valence-corrected chi connectivity index (χ4v) is 3.07. The molecule has 2 aromatic rings. The average molecular weight is 324 g/mol. The Morgan fingerprint density at radius 2 is 2.19 bits per heavy atom. The molecule has 0 aliphatic heterocycles. The molecular formula is C13H16N4O2S2. The van der Waals surface area contributed by atoms with Crippen molar-refractivity contribution in [3.8, 4) is 0 Å². The van der Waals surface area contributed by atoms with Gasteiger partial charge >= 0.3 is 0 Å². The Hall–Kier alpha value is -1.77. The number of aromatic nitrogens is 2. The van der Waals surface area contributed by atoms with Gasteiger partial charge in [-0.2, -0.15) is 5.10 Å². The lowest BCUT2D eigenvalue weighted by molar-refractivity contribution is 0.581. The van der Waals surface area contributed by atoms with Crippen LogP contribution in [0.5, 0.6) is 0 Å². The molecule has 0 aliphatic rings. The van der Waals surface area contributed by atoms with Gasteiger partial charge in [0, 0.05) is 30.9 Å². The van der Waals surface area contributed by atoms with Crippen LogP contribution in [0.4, 0.5) is 0 Å². The monoisotopic (exact) mass is 324 g/mol. The van der Waals surface area contributed by atoms with Crippen LogP contribution in [0.3, 0.4) is 0 Å². The number of aryl methyl sites for hydroxylation is 2. The molecule has 8 heteroatoms. The van der Waals surface area contributed by atoms with E-state index in [2.05, 4.69) is 9.82 Å². The zero-order chi connectivity index (χ0) is 15.6. The quantitative estimate of drug-likeness (QED) is 0.796. The van der Waals surface area contributed by atoms with Crippen LogP contribution in [0.25, 0.3) is 0 Å². The van der Waals surface area contributed by atoms with Gasteiger partial charge in [0.2, 0.25) is 10.0 Å². The van der Waals surface area contributed by atoms with Crippen LogP contribution in [0.2, 0.25) is 0 Å². The first-order chi connectivity index (χ1) is 9.79. The molecule has 1 heterocycles. The highest BCUT2D eigenvalue weighted by Gasteiger charge is 2.15. The third kappa shape index (κ3) is 3.66. The lowest BCUT2D eigenvalue weighted by Gasteiger charge is -2.07. The number of nitrogens with two attached hydrogens (primary N) is 1. The normalized spacial score (nSPS) is 11.5. The first-order valence-corrected chi connectivity index (χ1v) is 8.07. The molecule has 0 spiro atoms. The van der Waals surface area contributed by atoms with E-state index in [1.54, 1.807) is 30.1 Å². The summed E-state index contributed by atoms with van der Waals surface area (Å²) in [5, 5.41) is 4.17. The predicted molar refractivity (Wildman–Crippen MR) is 84.3 cm³/mol.